The first-order valence-electron chi connectivity index (χ1n) is 27.6. The zero-order valence-corrected chi connectivity index (χ0v) is 44.9. The van der Waals surface area contributed by atoms with Gasteiger partial charge in [-0.1, -0.05) is 223 Å². The lowest BCUT2D eigenvalue weighted by atomic mass is 10.1. The average Bonchev–Trinajstić information content (AvgIpc) is 3.37. The fraction of sp³-hybridized carbons (Fsp3) is 0.523. The van der Waals surface area contributed by atoms with Gasteiger partial charge in [0.2, 0.25) is 0 Å². The number of carbonyl (C=O) groups excluding carboxylic acids is 3. The SMILES string of the molecule is CC/C=C/C/C=C/C/C=C/C/C=C/C/C=C/C/C=C/CCC(=O)OC[C@@H](COC(=O)CCCCCCC/C=C/C/C=C/CCCCC)OC(=O)CC/C=C/C/C=C/C/C=C/C/C=C/C/C=C/C/C=C/CC. The Kier molecular flexibility index (Phi) is 53.1. The van der Waals surface area contributed by atoms with Gasteiger partial charge in [0, 0.05) is 19.3 Å². The van der Waals surface area contributed by atoms with E-state index in [-0.39, 0.29) is 38.0 Å². The van der Waals surface area contributed by atoms with Crippen LogP contribution in [-0.2, 0) is 28.6 Å². The molecule has 0 fully saturated rings. The Morgan fingerprint density at radius 2 is 0.577 bits per heavy atom. The smallest absolute Gasteiger partial charge is 0.306 e. The summed E-state index contributed by atoms with van der Waals surface area (Å²) in [6.07, 6.45) is 85.0. The number of esters is 3. The fourth-order valence-corrected chi connectivity index (χ4v) is 6.64. The molecule has 0 N–H and O–H groups in total. The molecule has 0 spiro atoms. The lowest BCUT2D eigenvalue weighted by Gasteiger charge is -2.18. The lowest BCUT2D eigenvalue weighted by Crippen LogP contribution is -2.30. The fourth-order valence-electron chi connectivity index (χ4n) is 6.64. The molecule has 0 saturated carbocycles. The standard InChI is InChI=1S/C65H98O6/c1-4-7-10-13-16-19-22-25-28-30-32-34-37-40-43-46-49-52-55-58-64(67)70-61-62(60-69-63(66)57-54-51-48-45-42-39-36-27-24-21-18-15-12-9-6-3)71-65(68)59-56-53-50-47-44-41-38-35-33-31-29-26-23-20-17-14-11-8-5-2/h7-8,10-11,16-21,25-29,32-36,40-41,43-44,49-50,52-53,62H,4-6,9,12-15,22-24,30-31,37-39,42,45-48,51,54-61H2,1-3H3/b10-7+,11-8+,19-16+,20-17+,21-18+,28-25+,29-26+,34-32+,35-33+,36-27+,43-40+,44-41+,52-49+,53-50+/t62-/m1/s1. The third-order valence-electron chi connectivity index (χ3n) is 10.7. The van der Waals surface area contributed by atoms with Crippen molar-refractivity contribution >= 4 is 17.9 Å². The summed E-state index contributed by atoms with van der Waals surface area (Å²) in [5.41, 5.74) is 0. The van der Waals surface area contributed by atoms with E-state index in [1.165, 1.54) is 25.7 Å². The molecule has 0 aromatic carbocycles. The predicted molar refractivity (Wildman–Crippen MR) is 306 cm³/mol. The summed E-state index contributed by atoms with van der Waals surface area (Å²) >= 11 is 0. The first kappa shape index (κ1) is 65.8. The van der Waals surface area contributed by atoms with Gasteiger partial charge >= 0.3 is 17.9 Å². The molecular formula is C65H98O6. The highest BCUT2D eigenvalue weighted by Crippen LogP contribution is 2.11. The first-order chi connectivity index (χ1) is 35.0. The van der Waals surface area contributed by atoms with Crippen LogP contribution in [0.25, 0.3) is 0 Å². The van der Waals surface area contributed by atoms with Gasteiger partial charge in [-0.3, -0.25) is 14.4 Å². The third-order valence-corrected chi connectivity index (χ3v) is 10.7. The number of ether oxygens (including phenoxy) is 3. The van der Waals surface area contributed by atoms with Crippen LogP contribution in [0.3, 0.4) is 0 Å². The molecule has 6 heteroatoms. The van der Waals surface area contributed by atoms with E-state index in [4.69, 9.17) is 14.2 Å². The maximum atomic E-state index is 12.8. The van der Waals surface area contributed by atoms with Crippen LogP contribution in [0.2, 0.25) is 0 Å². The zero-order valence-electron chi connectivity index (χ0n) is 44.9. The van der Waals surface area contributed by atoms with Crippen LogP contribution in [0, 0.1) is 0 Å². The van der Waals surface area contributed by atoms with Gasteiger partial charge in [0.1, 0.15) is 13.2 Å². The molecule has 0 aromatic rings. The van der Waals surface area contributed by atoms with E-state index < -0.39 is 12.1 Å². The minimum atomic E-state index is -0.865. The normalized spacial score (nSPS) is 13.5. The van der Waals surface area contributed by atoms with Gasteiger partial charge in [-0.2, -0.15) is 0 Å². The van der Waals surface area contributed by atoms with Crippen molar-refractivity contribution in [3.8, 4) is 0 Å². The van der Waals surface area contributed by atoms with E-state index in [1.54, 1.807) is 0 Å². The van der Waals surface area contributed by atoms with Gasteiger partial charge in [-0.05, 0) is 128 Å². The van der Waals surface area contributed by atoms with Crippen molar-refractivity contribution in [3.63, 3.8) is 0 Å². The average molecular weight is 975 g/mol. The molecule has 6 nitrogen and oxygen atoms in total. The molecule has 0 aromatic heterocycles. The van der Waals surface area contributed by atoms with Gasteiger partial charge in [0.15, 0.2) is 6.10 Å². The van der Waals surface area contributed by atoms with Crippen molar-refractivity contribution in [2.24, 2.45) is 0 Å². The summed E-state index contributed by atoms with van der Waals surface area (Å²) in [6, 6.07) is 0. The van der Waals surface area contributed by atoms with Crippen molar-refractivity contribution in [1.82, 2.24) is 0 Å². The molecule has 0 rings (SSSR count). The van der Waals surface area contributed by atoms with E-state index >= 15 is 0 Å². The summed E-state index contributed by atoms with van der Waals surface area (Å²) in [6.45, 7) is 6.22. The predicted octanol–water partition coefficient (Wildman–Crippen LogP) is 18.8. The molecule has 0 aliphatic rings. The third kappa shape index (κ3) is 55.6. The summed E-state index contributed by atoms with van der Waals surface area (Å²) in [5, 5.41) is 0. The highest BCUT2D eigenvalue weighted by molar-refractivity contribution is 5.71. The van der Waals surface area contributed by atoms with Gasteiger partial charge in [0.25, 0.3) is 0 Å². The molecule has 1 atom stereocenters. The van der Waals surface area contributed by atoms with Crippen LogP contribution < -0.4 is 0 Å². The second-order valence-electron chi connectivity index (χ2n) is 17.4. The molecule has 0 unspecified atom stereocenters. The summed E-state index contributed by atoms with van der Waals surface area (Å²) in [4.78, 5) is 38.1. The zero-order chi connectivity index (χ0) is 51.4. The summed E-state index contributed by atoms with van der Waals surface area (Å²) in [7, 11) is 0. The Hall–Kier alpha value is -5.23. The number of hydrogen-bond acceptors (Lipinski definition) is 6. The molecule has 0 aliphatic carbocycles. The van der Waals surface area contributed by atoms with E-state index in [0.29, 0.717) is 19.3 Å². The Balaban J connectivity index is 4.68. The number of carbonyl (C=O) groups is 3. The number of unbranched alkanes of at least 4 members (excludes halogenated alkanes) is 8. The highest BCUT2D eigenvalue weighted by Gasteiger charge is 2.19. The Labute approximate surface area is 434 Å². The van der Waals surface area contributed by atoms with Crippen LogP contribution in [-0.4, -0.2) is 37.2 Å². The topological polar surface area (TPSA) is 78.9 Å². The van der Waals surface area contributed by atoms with Gasteiger partial charge in [-0.15, -0.1) is 0 Å². The second kappa shape index (κ2) is 57.3. The van der Waals surface area contributed by atoms with Gasteiger partial charge in [-0.25, -0.2) is 0 Å². The van der Waals surface area contributed by atoms with Gasteiger partial charge in [0.05, 0.1) is 0 Å². The van der Waals surface area contributed by atoms with Crippen LogP contribution in [0.15, 0.2) is 170 Å². The number of hydrogen-bond donors (Lipinski definition) is 0. The summed E-state index contributed by atoms with van der Waals surface area (Å²) < 4.78 is 16.7. The maximum Gasteiger partial charge on any atom is 0.306 e. The van der Waals surface area contributed by atoms with Crippen molar-refractivity contribution in [3.05, 3.63) is 170 Å². The Bertz CT molecular complexity index is 1690. The molecular weight excluding hydrogens is 877 g/mol. The molecule has 0 radical (unpaired) electrons. The molecule has 0 heterocycles. The maximum absolute atomic E-state index is 12.8. The number of allylic oxidation sites excluding steroid dienone is 28. The van der Waals surface area contributed by atoms with Crippen molar-refractivity contribution < 1.29 is 28.6 Å². The van der Waals surface area contributed by atoms with Crippen molar-refractivity contribution in [1.29, 1.82) is 0 Å². The summed E-state index contributed by atoms with van der Waals surface area (Å²) in [5.74, 6) is -1.15. The minimum absolute atomic E-state index is 0.148. The Morgan fingerprint density at radius 3 is 0.944 bits per heavy atom. The second-order valence-corrected chi connectivity index (χ2v) is 17.4. The molecule has 0 bridgehead atoms. The van der Waals surface area contributed by atoms with Crippen molar-refractivity contribution in [2.45, 2.75) is 207 Å². The van der Waals surface area contributed by atoms with Crippen LogP contribution in [0.4, 0.5) is 0 Å². The molecule has 0 amide bonds. The van der Waals surface area contributed by atoms with Crippen LogP contribution in [0.1, 0.15) is 201 Å². The monoisotopic (exact) mass is 975 g/mol. The van der Waals surface area contributed by atoms with Crippen LogP contribution >= 0.6 is 0 Å². The van der Waals surface area contributed by atoms with Crippen LogP contribution in [0.5, 0.6) is 0 Å². The number of rotatable bonds is 47. The highest BCUT2D eigenvalue weighted by atomic mass is 16.6. The minimum Gasteiger partial charge on any atom is -0.462 e. The van der Waals surface area contributed by atoms with E-state index in [1.807, 2.05) is 24.3 Å². The molecule has 0 saturated heterocycles. The van der Waals surface area contributed by atoms with E-state index in [0.717, 1.165) is 122 Å². The van der Waals surface area contributed by atoms with E-state index in [9.17, 15) is 14.4 Å². The van der Waals surface area contributed by atoms with E-state index in [2.05, 4.69) is 167 Å². The van der Waals surface area contributed by atoms with Crippen molar-refractivity contribution in [2.75, 3.05) is 13.2 Å². The largest absolute Gasteiger partial charge is 0.462 e. The quantitative estimate of drug-likeness (QED) is 0.0262. The first-order valence-corrected chi connectivity index (χ1v) is 27.6. The Morgan fingerprint density at radius 1 is 0.296 bits per heavy atom. The molecule has 394 valence electrons. The molecule has 71 heavy (non-hydrogen) atoms. The molecule has 0 aliphatic heterocycles. The van der Waals surface area contributed by atoms with Gasteiger partial charge < -0.3 is 14.2 Å². The lowest BCUT2D eigenvalue weighted by molar-refractivity contribution is -0.166.